The first-order chi connectivity index (χ1) is 13.7. The van der Waals surface area contributed by atoms with Crippen LogP contribution in [-0.4, -0.2) is 20.9 Å². The molecule has 2 heterocycles. The van der Waals surface area contributed by atoms with Crippen molar-refractivity contribution in [1.82, 2.24) is 15.0 Å². The van der Waals surface area contributed by atoms with Gasteiger partial charge in [-0.1, -0.05) is 42.5 Å². The number of benzene rings is 2. The van der Waals surface area contributed by atoms with Gasteiger partial charge in [-0.15, -0.1) is 11.3 Å². The molecule has 0 aliphatic heterocycles. The summed E-state index contributed by atoms with van der Waals surface area (Å²) in [5, 5.41) is 5.92. The van der Waals surface area contributed by atoms with E-state index in [0.717, 1.165) is 11.3 Å². The summed E-state index contributed by atoms with van der Waals surface area (Å²) in [6.07, 6.45) is 1.45. The van der Waals surface area contributed by atoms with E-state index >= 15 is 0 Å². The Morgan fingerprint density at radius 1 is 1.04 bits per heavy atom. The number of aromatic amines is 1. The van der Waals surface area contributed by atoms with E-state index in [2.05, 4.69) is 20.3 Å². The zero-order valence-electron chi connectivity index (χ0n) is 15.0. The summed E-state index contributed by atoms with van der Waals surface area (Å²) in [5.41, 5.74) is 2.38. The van der Waals surface area contributed by atoms with Gasteiger partial charge in [0.25, 0.3) is 5.56 Å². The lowest BCUT2D eigenvalue weighted by Crippen LogP contribution is -2.14. The van der Waals surface area contributed by atoms with Gasteiger partial charge < -0.3 is 10.3 Å². The number of rotatable bonds is 6. The van der Waals surface area contributed by atoms with Crippen LogP contribution in [0.3, 0.4) is 0 Å². The molecule has 2 aromatic carbocycles. The summed E-state index contributed by atoms with van der Waals surface area (Å²) >= 11 is 1.40. The Bertz CT molecular complexity index is 1170. The molecule has 0 saturated heterocycles. The van der Waals surface area contributed by atoms with Gasteiger partial charge in [0.05, 0.1) is 16.6 Å². The molecule has 0 bridgehead atoms. The van der Waals surface area contributed by atoms with E-state index in [1.54, 1.807) is 6.07 Å². The molecule has 0 aliphatic rings. The minimum Gasteiger partial charge on any atom is -0.310 e. The van der Waals surface area contributed by atoms with Crippen molar-refractivity contribution in [2.24, 2.45) is 0 Å². The van der Waals surface area contributed by atoms with Crippen LogP contribution in [0.15, 0.2) is 64.8 Å². The number of anilines is 1. The maximum Gasteiger partial charge on any atom is 0.258 e. The number of H-pyrrole nitrogens is 1. The molecule has 1 amide bonds. The molecule has 28 heavy (non-hydrogen) atoms. The average molecular weight is 390 g/mol. The summed E-state index contributed by atoms with van der Waals surface area (Å²) in [7, 11) is 0. The van der Waals surface area contributed by atoms with E-state index < -0.39 is 0 Å². The van der Waals surface area contributed by atoms with E-state index in [-0.39, 0.29) is 11.5 Å². The first kappa shape index (κ1) is 18.1. The van der Waals surface area contributed by atoms with Crippen LogP contribution in [0.1, 0.15) is 18.7 Å². The quantitative estimate of drug-likeness (QED) is 0.521. The van der Waals surface area contributed by atoms with Crippen LogP contribution in [0.4, 0.5) is 5.13 Å². The molecule has 0 unspecified atom stereocenters. The fourth-order valence-electron chi connectivity index (χ4n) is 2.92. The Hall–Kier alpha value is -3.32. The van der Waals surface area contributed by atoms with Crippen molar-refractivity contribution in [3.63, 3.8) is 0 Å². The third kappa shape index (κ3) is 4.15. The molecule has 6 nitrogen and oxygen atoms in total. The summed E-state index contributed by atoms with van der Waals surface area (Å²) in [6, 6.07) is 17.1. The number of para-hydroxylation sites is 1. The number of amides is 1. The van der Waals surface area contributed by atoms with E-state index in [9.17, 15) is 9.59 Å². The van der Waals surface area contributed by atoms with Crippen LogP contribution in [0.25, 0.3) is 22.2 Å². The maximum atomic E-state index is 12.2. The molecule has 140 valence electrons. The topological polar surface area (TPSA) is 87.7 Å². The van der Waals surface area contributed by atoms with Crippen molar-refractivity contribution in [2.45, 2.75) is 19.3 Å². The van der Waals surface area contributed by atoms with E-state index in [4.69, 9.17) is 0 Å². The molecule has 4 rings (SSSR count). The minimum absolute atomic E-state index is 0.0999. The normalized spacial score (nSPS) is 10.9. The number of aryl methyl sites for hydroxylation is 1. The summed E-state index contributed by atoms with van der Waals surface area (Å²) in [4.78, 5) is 36.0. The third-order valence-corrected chi connectivity index (χ3v) is 5.06. The summed E-state index contributed by atoms with van der Waals surface area (Å²) in [6.45, 7) is 0. The number of nitrogens with one attached hydrogen (secondary N) is 2. The van der Waals surface area contributed by atoms with Crippen molar-refractivity contribution < 1.29 is 4.79 Å². The Labute approximate surface area is 165 Å². The highest BCUT2D eigenvalue weighted by Crippen LogP contribution is 2.24. The smallest absolute Gasteiger partial charge is 0.258 e. The monoisotopic (exact) mass is 390 g/mol. The average Bonchev–Trinajstić information content (AvgIpc) is 3.17. The first-order valence-electron chi connectivity index (χ1n) is 8.98. The first-order valence-corrected chi connectivity index (χ1v) is 9.86. The molecule has 0 saturated carbocycles. The number of hydrogen-bond donors (Lipinski definition) is 2. The standard InChI is InChI=1S/C21H18N4O2S/c26-19(25-21-23-17(13-28-21)14-7-2-1-3-8-14)12-6-11-18-22-16-10-5-4-9-15(16)20(27)24-18/h1-5,7-10,13H,6,11-12H2,(H,22,24,27)(H,23,25,26). The van der Waals surface area contributed by atoms with Gasteiger partial charge in [0.1, 0.15) is 5.82 Å². The molecular formula is C21H18N4O2S. The number of aromatic nitrogens is 3. The van der Waals surface area contributed by atoms with Crippen molar-refractivity contribution >= 4 is 33.3 Å². The second-order valence-corrected chi connectivity index (χ2v) is 7.19. The van der Waals surface area contributed by atoms with Gasteiger partial charge in [-0.2, -0.15) is 0 Å². The van der Waals surface area contributed by atoms with Crippen LogP contribution in [0.2, 0.25) is 0 Å². The molecule has 2 aromatic heterocycles. The van der Waals surface area contributed by atoms with Crippen molar-refractivity contribution in [3.8, 4) is 11.3 Å². The molecule has 0 aliphatic carbocycles. The number of hydrogen-bond acceptors (Lipinski definition) is 5. The predicted molar refractivity (Wildman–Crippen MR) is 111 cm³/mol. The number of fused-ring (bicyclic) bond motifs is 1. The zero-order chi connectivity index (χ0) is 19.3. The minimum atomic E-state index is -0.152. The lowest BCUT2D eigenvalue weighted by atomic mass is 10.2. The van der Waals surface area contributed by atoms with Crippen LogP contribution < -0.4 is 10.9 Å². The molecule has 0 fully saturated rings. The van der Waals surface area contributed by atoms with E-state index in [1.807, 2.05) is 53.9 Å². The molecule has 0 spiro atoms. The van der Waals surface area contributed by atoms with E-state index in [0.29, 0.717) is 41.1 Å². The lowest BCUT2D eigenvalue weighted by Gasteiger charge is -2.04. The summed E-state index contributed by atoms with van der Waals surface area (Å²) < 4.78 is 0. The fourth-order valence-corrected chi connectivity index (χ4v) is 3.66. The van der Waals surface area contributed by atoms with Crippen LogP contribution in [0, 0.1) is 0 Å². The molecule has 7 heteroatoms. The van der Waals surface area contributed by atoms with Crippen LogP contribution in [-0.2, 0) is 11.2 Å². The van der Waals surface area contributed by atoms with Gasteiger partial charge in [0, 0.05) is 23.8 Å². The Kier molecular flexibility index (Phi) is 5.25. The molecule has 2 N–H and O–H groups in total. The lowest BCUT2D eigenvalue weighted by molar-refractivity contribution is -0.116. The third-order valence-electron chi connectivity index (χ3n) is 4.30. The predicted octanol–water partition coefficient (Wildman–Crippen LogP) is 4.01. The van der Waals surface area contributed by atoms with Gasteiger partial charge in [-0.3, -0.25) is 9.59 Å². The van der Waals surface area contributed by atoms with Crippen molar-refractivity contribution in [1.29, 1.82) is 0 Å². The highest BCUT2D eigenvalue weighted by Gasteiger charge is 2.09. The number of thiazole rings is 1. The fraction of sp³-hybridized carbons (Fsp3) is 0.143. The highest BCUT2D eigenvalue weighted by molar-refractivity contribution is 7.14. The van der Waals surface area contributed by atoms with Crippen molar-refractivity contribution in [3.05, 3.63) is 76.2 Å². The molecule has 0 atom stereocenters. The number of carbonyl (C=O) groups is 1. The van der Waals surface area contributed by atoms with Gasteiger partial charge in [-0.05, 0) is 18.6 Å². The Morgan fingerprint density at radius 2 is 1.82 bits per heavy atom. The molecule has 0 radical (unpaired) electrons. The van der Waals surface area contributed by atoms with Crippen LogP contribution >= 0.6 is 11.3 Å². The molecule has 4 aromatic rings. The number of nitrogens with zero attached hydrogens (tertiary/aromatic N) is 2. The summed E-state index contributed by atoms with van der Waals surface area (Å²) in [5.74, 6) is 0.495. The Balaban J connectivity index is 1.33. The second kappa shape index (κ2) is 8.14. The van der Waals surface area contributed by atoms with Gasteiger partial charge >= 0.3 is 0 Å². The van der Waals surface area contributed by atoms with Gasteiger partial charge in [0.2, 0.25) is 5.91 Å². The van der Waals surface area contributed by atoms with Crippen molar-refractivity contribution in [2.75, 3.05) is 5.32 Å². The highest BCUT2D eigenvalue weighted by atomic mass is 32.1. The maximum absolute atomic E-state index is 12.2. The SMILES string of the molecule is O=C(CCCc1nc2ccccc2c(=O)[nH]1)Nc1nc(-c2ccccc2)cs1. The second-order valence-electron chi connectivity index (χ2n) is 6.34. The molecular weight excluding hydrogens is 372 g/mol. The Morgan fingerprint density at radius 3 is 2.68 bits per heavy atom. The largest absolute Gasteiger partial charge is 0.310 e. The van der Waals surface area contributed by atoms with Crippen LogP contribution in [0.5, 0.6) is 0 Å². The van der Waals surface area contributed by atoms with Gasteiger partial charge in [-0.25, -0.2) is 9.97 Å². The number of carbonyl (C=O) groups excluding carboxylic acids is 1. The van der Waals surface area contributed by atoms with E-state index in [1.165, 1.54) is 11.3 Å². The van der Waals surface area contributed by atoms with Gasteiger partial charge in [0.15, 0.2) is 5.13 Å². The zero-order valence-corrected chi connectivity index (χ0v) is 15.8.